The molecule has 4 heteroatoms. The first kappa shape index (κ1) is 14.9. The summed E-state index contributed by atoms with van der Waals surface area (Å²) in [6.07, 6.45) is 5.07. The molecule has 1 aliphatic carbocycles. The Labute approximate surface area is 120 Å². The molecule has 2 rings (SSSR count). The van der Waals surface area contributed by atoms with Gasteiger partial charge < -0.3 is 14.4 Å². The average molecular weight is 277 g/mol. The van der Waals surface area contributed by atoms with Gasteiger partial charge in [0.05, 0.1) is 0 Å². The molecule has 1 fully saturated rings. The van der Waals surface area contributed by atoms with Crippen LogP contribution in [0, 0.1) is 5.92 Å². The fraction of sp³-hybridized carbons (Fsp3) is 0.562. The smallest absolute Gasteiger partial charge is 0.246 e. The summed E-state index contributed by atoms with van der Waals surface area (Å²) in [5.74, 6) is 2.99. The van der Waals surface area contributed by atoms with Crippen molar-refractivity contribution in [2.45, 2.75) is 32.6 Å². The zero-order valence-corrected chi connectivity index (χ0v) is 12.2. The Kier molecular flexibility index (Phi) is 5.01. The van der Waals surface area contributed by atoms with Crippen molar-refractivity contribution >= 4 is 12.0 Å². The highest BCUT2D eigenvalue weighted by atomic mass is 16.3. The van der Waals surface area contributed by atoms with Crippen LogP contribution in [0.1, 0.15) is 44.1 Å². The van der Waals surface area contributed by atoms with E-state index < -0.39 is 0 Å². The predicted octanol–water partition coefficient (Wildman–Crippen LogP) is 2.65. The van der Waals surface area contributed by atoms with Gasteiger partial charge in [0.15, 0.2) is 0 Å². The molecule has 2 unspecified atom stereocenters. The van der Waals surface area contributed by atoms with E-state index in [1.165, 1.54) is 6.42 Å². The minimum absolute atomic E-state index is 0.0429. The van der Waals surface area contributed by atoms with Crippen LogP contribution in [0.3, 0.4) is 0 Å². The molecule has 0 radical (unpaired) electrons. The van der Waals surface area contributed by atoms with Crippen LogP contribution in [-0.2, 0) is 4.79 Å². The van der Waals surface area contributed by atoms with E-state index in [1.807, 2.05) is 19.1 Å². The number of likely N-dealkylation sites (N-methyl/N-ethyl adjacent to an activating group) is 1. The summed E-state index contributed by atoms with van der Waals surface area (Å²) in [4.78, 5) is 13.7. The summed E-state index contributed by atoms with van der Waals surface area (Å²) in [6.45, 7) is 5.48. The first-order chi connectivity index (χ1) is 9.65. The van der Waals surface area contributed by atoms with Crippen molar-refractivity contribution in [1.29, 1.82) is 0 Å². The van der Waals surface area contributed by atoms with Crippen LogP contribution >= 0.6 is 0 Å². The van der Waals surface area contributed by atoms with E-state index in [1.54, 1.807) is 17.1 Å². The normalized spacial score (nSPS) is 21.4. The van der Waals surface area contributed by atoms with Crippen LogP contribution in [-0.4, -0.2) is 35.6 Å². The minimum Gasteiger partial charge on any atom is -0.461 e. The summed E-state index contributed by atoms with van der Waals surface area (Å²) >= 11 is 0. The van der Waals surface area contributed by atoms with Crippen LogP contribution in [0.2, 0.25) is 0 Å². The molecular formula is C16H23NO3. The van der Waals surface area contributed by atoms with Gasteiger partial charge >= 0.3 is 0 Å². The lowest BCUT2D eigenvalue weighted by Crippen LogP contribution is -2.30. The van der Waals surface area contributed by atoms with Gasteiger partial charge in [0.25, 0.3) is 0 Å². The minimum atomic E-state index is -0.0429. The molecule has 0 saturated heterocycles. The van der Waals surface area contributed by atoms with Crippen molar-refractivity contribution in [3.63, 3.8) is 0 Å². The molecule has 0 spiro atoms. The second-order valence-corrected chi connectivity index (χ2v) is 5.39. The van der Waals surface area contributed by atoms with E-state index in [4.69, 9.17) is 9.52 Å². The van der Waals surface area contributed by atoms with Crippen LogP contribution in [0.25, 0.3) is 6.08 Å². The van der Waals surface area contributed by atoms with Gasteiger partial charge in [-0.15, -0.1) is 0 Å². The van der Waals surface area contributed by atoms with Gasteiger partial charge in [-0.25, -0.2) is 0 Å². The Bertz CT molecular complexity index is 478. The summed E-state index contributed by atoms with van der Waals surface area (Å²) in [5, 5.41) is 8.81. The summed E-state index contributed by atoms with van der Waals surface area (Å²) in [5.41, 5.74) is 0. The topological polar surface area (TPSA) is 53.7 Å². The number of furan rings is 1. The first-order valence-corrected chi connectivity index (χ1v) is 7.33. The van der Waals surface area contributed by atoms with Crippen molar-refractivity contribution in [1.82, 2.24) is 4.90 Å². The molecular weight excluding hydrogens is 254 g/mol. The maximum Gasteiger partial charge on any atom is 0.246 e. The average Bonchev–Trinajstić information content (AvgIpc) is 3.00. The largest absolute Gasteiger partial charge is 0.461 e. The molecule has 0 aliphatic heterocycles. The number of amides is 1. The second kappa shape index (κ2) is 6.75. The molecule has 1 N–H and O–H groups in total. The maximum absolute atomic E-state index is 12.0. The van der Waals surface area contributed by atoms with Gasteiger partial charge in [-0.2, -0.15) is 0 Å². The van der Waals surface area contributed by atoms with E-state index in [9.17, 15) is 4.79 Å². The van der Waals surface area contributed by atoms with E-state index in [0.717, 1.165) is 11.5 Å². The van der Waals surface area contributed by atoms with Gasteiger partial charge in [-0.3, -0.25) is 4.79 Å². The summed E-state index contributed by atoms with van der Waals surface area (Å²) in [7, 11) is 0. The molecule has 4 nitrogen and oxygen atoms in total. The Morgan fingerprint density at radius 2 is 2.30 bits per heavy atom. The number of aliphatic hydroxyl groups excluding tert-OH is 1. The zero-order chi connectivity index (χ0) is 14.5. The molecule has 1 amide bonds. The Morgan fingerprint density at radius 1 is 1.55 bits per heavy atom. The van der Waals surface area contributed by atoms with Crippen molar-refractivity contribution in [3.8, 4) is 0 Å². The number of carbonyl (C=O) groups excluding carboxylic acids is 1. The highest BCUT2D eigenvalue weighted by Gasteiger charge is 2.36. The van der Waals surface area contributed by atoms with Crippen molar-refractivity contribution in [2.75, 3.05) is 19.7 Å². The van der Waals surface area contributed by atoms with Gasteiger partial charge in [-0.1, -0.05) is 6.92 Å². The molecule has 2 atom stereocenters. The van der Waals surface area contributed by atoms with Crippen LogP contribution < -0.4 is 0 Å². The zero-order valence-electron chi connectivity index (χ0n) is 12.2. The fourth-order valence-electron chi connectivity index (χ4n) is 2.32. The predicted molar refractivity (Wildman–Crippen MR) is 78.2 cm³/mol. The summed E-state index contributed by atoms with van der Waals surface area (Å²) < 4.78 is 5.73. The Balaban J connectivity index is 1.90. The molecule has 0 aromatic carbocycles. The molecule has 1 aliphatic rings. The molecule has 110 valence electrons. The number of aliphatic hydroxyl groups is 1. The van der Waals surface area contributed by atoms with Crippen LogP contribution in [0.15, 0.2) is 22.6 Å². The number of hydrogen-bond donors (Lipinski definition) is 1. The van der Waals surface area contributed by atoms with E-state index in [2.05, 4.69) is 6.92 Å². The van der Waals surface area contributed by atoms with Crippen LogP contribution in [0.4, 0.5) is 0 Å². The highest BCUT2D eigenvalue weighted by molar-refractivity contribution is 5.91. The number of carbonyl (C=O) groups is 1. The highest BCUT2D eigenvalue weighted by Crippen LogP contribution is 2.47. The van der Waals surface area contributed by atoms with Gasteiger partial charge in [0, 0.05) is 31.7 Å². The summed E-state index contributed by atoms with van der Waals surface area (Å²) in [6, 6.07) is 3.91. The lowest BCUT2D eigenvalue weighted by molar-refractivity contribution is -0.125. The molecule has 1 saturated carbocycles. The molecule has 1 aromatic heterocycles. The third kappa shape index (κ3) is 3.73. The molecule has 1 aromatic rings. The Morgan fingerprint density at radius 3 is 2.90 bits per heavy atom. The molecule has 20 heavy (non-hydrogen) atoms. The number of nitrogens with zero attached hydrogens (tertiary/aromatic N) is 1. The van der Waals surface area contributed by atoms with Crippen LogP contribution in [0.5, 0.6) is 0 Å². The number of hydrogen-bond acceptors (Lipinski definition) is 3. The van der Waals surface area contributed by atoms with Crippen molar-refractivity contribution < 1.29 is 14.3 Å². The van der Waals surface area contributed by atoms with Crippen molar-refractivity contribution in [2.24, 2.45) is 5.92 Å². The van der Waals surface area contributed by atoms with E-state index in [0.29, 0.717) is 31.3 Å². The maximum atomic E-state index is 12.0. The standard InChI is InChI=1S/C16H23NO3/c1-3-17(9-4-10-18)16(19)8-6-13-5-7-15(20-13)14-11-12(14)2/h5-8,12,14,18H,3-4,9-11H2,1-2H3/b8-6+. The first-order valence-electron chi connectivity index (χ1n) is 7.33. The lowest BCUT2D eigenvalue weighted by Gasteiger charge is -2.18. The second-order valence-electron chi connectivity index (χ2n) is 5.39. The third-order valence-corrected chi connectivity index (χ3v) is 3.79. The molecule has 0 bridgehead atoms. The Hall–Kier alpha value is -1.55. The third-order valence-electron chi connectivity index (χ3n) is 3.79. The van der Waals surface area contributed by atoms with Gasteiger partial charge in [0.1, 0.15) is 11.5 Å². The monoisotopic (exact) mass is 277 g/mol. The van der Waals surface area contributed by atoms with Crippen molar-refractivity contribution in [3.05, 3.63) is 29.7 Å². The lowest BCUT2D eigenvalue weighted by atomic mass is 10.3. The molecule has 1 heterocycles. The van der Waals surface area contributed by atoms with Gasteiger partial charge in [-0.05, 0) is 43.9 Å². The number of rotatable bonds is 7. The SMILES string of the molecule is CCN(CCCO)C(=O)/C=C/c1ccc(C2CC2C)o1. The quantitative estimate of drug-likeness (QED) is 0.780. The van der Waals surface area contributed by atoms with E-state index >= 15 is 0 Å². The fourth-order valence-corrected chi connectivity index (χ4v) is 2.32. The van der Waals surface area contributed by atoms with Gasteiger partial charge in [0.2, 0.25) is 5.91 Å². The van der Waals surface area contributed by atoms with E-state index in [-0.39, 0.29) is 12.5 Å².